The first-order chi connectivity index (χ1) is 7.24. The third kappa shape index (κ3) is 1.43. The van der Waals surface area contributed by atoms with Gasteiger partial charge in [-0.2, -0.15) is 0 Å². The smallest absolute Gasteiger partial charge is 0.276 e. The lowest BCUT2D eigenvalue weighted by atomic mass is 10.2. The van der Waals surface area contributed by atoms with Gasteiger partial charge in [0.05, 0.1) is 5.52 Å². The number of carbonyl (C=O) groups is 2. The number of hydrogen-bond acceptors (Lipinski definition) is 3. The average Bonchev–Trinajstić information content (AvgIpc) is 2.57. The second-order valence-corrected chi connectivity index (χ2v) is 3.05. The molecule has 0 atom stereocenters. The molecule has 0 aliphatic carbocycles. The SMILES string of the molecule is Nn1c(C(=O)NC=O)cc2ccccc21. The van der Waals surface area contributed by atoms with Crippen molar-refractivity contribution in [2.45, 2.75) is 0 Å². The second-order valence-electron chi connectivity index (χ2n) is 3.05. The van der Waals surface area contributed by atoms with Crippen LogP contribution in [0.25, 0.3) is 10.9 Å². The summed E-state index contributed by atoms with van der Waals surface area (Å²) < 4.78 is 1.26. The van der Waals surface area contributed by atoms with E-state index in [9.17, 15) is 9.59 Å². The van der Waals surface area contributed by atoms with Crippen molar-refractivity contribution in [2.24, 2.45) is 0 Å². The van der Waals surface area contributed by atoms with E-state index in [0.717, 1.165) is 10.9 Å². The average molecular weight is 203 g/mol. The van der Waals surface area contributed by atoms with Gasteiger partial charge in [0.2, 0.25) is 6.41 Å². The summed E-state index contributed by atoms with van der Waals surface area (Å²) in [5, 5.41) is 2.90. The maximum absolute atomic E-state index is 11.4. The van der Waals surface area contributed by atoms with Gasteiger partial charge >= 0.3 is 0 Å². The van der Waals surface area contributed by atoms with Crippen LogP contribution in [0.3, 0.4) is 0 Å². The number of para-hydroxylation sites is 1. The molecule has 2 amide bonds. The number of nitrogen functional groups attached to an aromatic ring is 1. The van der Waals surface area contributed by atoms with Gasteiger partial charge in [-0.15, -0.1) is 0 Å². The Labute approximate surface area is 85.4 Å². The Bertz CT molecular complexity index is 530. The van der Waals surface area contributed by atoms with Gasteiger partial charge in [0.15, 0.2) is 0 Å². The van der Waals surface area contributed by atoms with Crippen LogP contribution in [0.5, 0.6) is 0 Å². The molecule has 0 aliphatic heterocycles. The lowest BCUT2D eigenvalue weighted by Crippen LogP contribution is -2.26. The minimum absolute atomic E-state index is 0.253. The first-order valence-electron chi connectivity index (χ1n) is 4.34. The number of nitrogens with one attached hydrogen (secondary N) is 1. The number of aromatic nitrogens is 1. The molecular formula is C10H9N3O2. The molecule has 3 N–H and O–H groups in total. The Morgan fingerprint density at radius 2 is 2.13 bits per heavy atom. The van der Waals surface area contributed by atoms with Crippen molar-refractivity contribution >= 4 is 23.2 Å². The molecule has 2 rings (SSSR count). The third-order valence-electron chi connectivity index (χ3n) is 2.17. The Kier molecular flexibility index (Phi) is 2.13. The summed E-state index contributed by atoms with van der Waals surface area (Å²) in [4.78, 5) is 21.5. The molecule has 1 heterocycles. The van der Waals surface area contributed by atoms with Crippen LogP contribution in [0.15, 0.2) is 30.3 Å². The Hall–Kier alpha value is -2.30. The van der Waals surface area contributed by atoms with Gasteiger partial charge in [-0.05, 0) is 12.1 Å². The van der Waals surface area contributed by atoms with Crippen molar-refractivity contribution in [3.8, 4) is 0 Å². The number of fused-ring (bicyclic) bond motifs is 1. The molecule has 1 aromatic carbocycles. The lowest BCUT2D eigenvalue weighted by molar-refractivity contribution is -0.108. The van der Waals surface area contributed by atoms with E-state index in [1.807, 2.05) is 23.5 Å². The molecule has 5 nitrogen and oxygen atoms in total. The van der Waals surface area contributed by atoms with Gasteiger partial charge in [0, 0.05) is 5.39 Å². The van der Waals surface area contributed by atoms with E-state index in [1.165, 1.54) is 4.68 Å². The van der Waals surface area contributed by atoms with Crippen LogP contribution in [-0.4, -0.2) is 17.0 Å². The minimum Gasteiger partial charge on any atom is -0.338 e. The number of nitrogens with zero attached hydrogens (tertiary/aromatic N) is 1. The van der Waals surface area contributed by atoms with Crippen molar-refractivity contribution < 1.29 is 9.59 Å². The Balaban J connectivity index is 2.57. The first kappa shape index (κ1) is 9.26. The van der Waals surface area contributed by atoms with Crippen LogP contribution in [-0.2, 0) is 4.79 Å². The number of imide groups is 1. The van der Waals surface area contributed by atoms with Gasteiger partial charge in [-0.25, -0.2) is 0 Å². The summed E-state index contributed by atoms with van der Waals surface area (Å²) in [6.07, 6.45) is 0.333. The molecule has 76 valence electrons. The predicted molar refractivity (Wildman–Crippen MR) is 55.6 cm³/mol. The largest absolute Gasteiger partial charge is 0.338 e. The fraction of sp³-hybridized carbons (Fsp3) is 0. The van der Waals surface area contributed by atoms with Gasteiger partial charge in [-0.1, -0.05) is 18.2 Å². The van der Waals surface area contributed by atoms with Crippen molar-refractivity contribution in [1.82, 2.24) is 9.99 Å². The molecule has 5 heteroatoms. The van der Waals surface area contributed by atoms with E-state index >= 15 is 0 Å². The van der Waals surface area contributed by atoms with Gasteiger partial charge in [0.1, 0.15) is 5.69 Å². The highest BCUT2D eigenvalue weighted by atomic mass is 16.2. The van der Waals surface area contributed by atoms with Gasteiger partial charge in [-0.3, -0.25) is 19.6 Å². The first-order valence-corrected chi connectivity index (χ1v) is 4.34. The molecular weight excluding hydrogens is 194 g/mol. The van der Waals surface area contributed by atoms with E-state index < -0.39 is 5.91 Å². The topological polar surface area (TPSA) is 77.1 Å². The normalized spacial score (nSPS) is 10.1. The van der Waals surface area contributed by atoms with Crippen molar-refractivity contribution in [2.75, 3.05) is 5.84 Å². The molecule has 0 aliphatic rings. The van der Waals surface area contributed by atoms with Gasteiger partial charge < -0.3 is 5.84 Å². The number of nitrogens with two attached hydrogens (primary N) is 1. The predicted octanol–water partition coefficient (Wildman–Crippen LogP) is 0.241. The monoisotopic (exact) mass is 203 g/mol. The molecule has 0 saturated carbocycles. The molecule has 15 heavy (non-hydrogen) atoms. The zero-order valence-electron chi connectivity index (χ0n) is 7.81. The van der Waals surface area contributed by atoms with Crippen molar-refractivity contribution in [3.63, 3.8) is 0 Å². The summed E-state index contributed by atoms with van der Waals surface area (Å²) in [7, 11) is 0. The van der Waals surface area contributed by atoms with Crippen molar-refractivity contribution in [1.29, 1.82) is 0 Å². The maximum atomic E-state index is 11.4. The summed E-state index contributed by atoms with van der Waals surface area (Å²) in [5.74, 6) is 5.20. The van der Waals surface area contributed by atoms with Crippen LogP contribution >= 0.6 is 0 Å². The molecule has 0 radical (unpaired) electrons. The maximum Gasteiger partial charge on any atom is 0.276 e. The molecule has 0 fully saturated rings. The minimum atomic E-state index is -0.510. The van der Waals surface area contributed by atoms with Crippen LogP contribution in [0, 0.1) is 0 Å². The van der Waals surface area contributed by atoms with E-state index in [2.05, 4.69) is 0 Å². The summed E-state index contributed by atoms with van der Waals surface area (Å²) in [6, 6.07) is 8.95. The zero-order valence-corrected chi connectivity index (χ0v) is 7.81. The number of hydrogen-bond donors (Lipinski definition) is 2. The third-order valence-corrected chi connectivity index (χ3v) is 2.17. The number of amides is 2. The Morgan fingerprint density at radius 3 is 2.80 bits per heavy atom. The van der Waals surface area contributed by atoms with E-state index in [4.69, 9.17) is 5.84 Å². The molecule has 1 aromatic heterocycles. The number of benzene rings is 1. The number of carbonyl (C=O) groups excluding carboxylic acids is 2. The van der Waals surface area contributed by atoms with Gasteiger partial charge in [0.25, 0.3) is 5.91 Å². The van der Waals surface area contributed by atoms with Crippen LogP contribution in [0.4, 0.5) is 0 Å². The van der Waals surface area contributed by atoms with Crippen LogP contribution in [0.1, 0.15) is 10.5 Å². The van der Waals surface area contributed by atoms with Crippen LogP contribution < -0.4 is 11.2 Å². The summed E-state index contributed by atoms with van der Waals surface area (Å²) in [5.41, 5.74) is 0.997. The molecule has 0 unspecified atom stereocenters. The summed E-state index contributed by atoms with van der Waals surface area (Å²) in [6.45, 7) is 0. The highest BCUT2D eigenvalue weighted by Crippen LogP contribution is 2.16. The highest BCUT2D eigenvalue weighted by molar-refractivity contribution is 6.02. The zero-order chi connectivity index (χ0) is 10.8. The number of rotatable bonds is 2. The fourth-order valence-corrected chi connectivity index (χ4v) is 1.48. The molecule has 2 aromatic rings. The Morgan fingerprint density at radius 1 is 1.40 bits per heavy atom. The fourth-order valence-electron chi connectivity index (χ4n) is 1.48. The van der Waals surface area contributed by atoms with Crippen LogP contribution in [0.2, 0.25) is 0 Å². The van der Waals surface area contributed by atoms with E-state index in [-0.39, 0.29) is 5.69 Å². The molecule has 0 spiro atoms. The highest BCUT2D eigenvalue weighted by Gasteiger charge is 2.12. The molecule has 0 saturated heterocycles. The standard InChI is InChI=1S/C10H9N3O2/c11-13-8-4-2-1-3-7(8)5-9(13)10(15)12-6-14/h1-6H,11H2,(H,12,14,15). The molecule has 0 bridgehead atoms. The lowest BCUT2D eigenvalue weighted by Gasteiger charge is -2.00. The van der Waals surface area contributed by atoms with Crippen molar-refractivity contribution in [3.05, 3.63) is 36.0 Å². The second kappa shape index (κ2) is 3.45. The quantitative estimate of drug-likeness (QED) is 0.542. The van der Waals surface area contributed by atoms with E-state index in [0.29, 0.717) is 6.41 Å². The van der Waals surface area contributed by atoms with E-state index in [1.54, 1.807) is 12.1 Å². The summed E-state index contributed by atoms with van der Waals surface area (Å²) >= 11 is 0.